The van der Waals surface area contributed by atoms with Gasteiger partial charge in [0.25, 0.3) is 0 Å². The molecule has 2 aromatic heterocycles. The van der Waals surface area contributed by atoms with E-state index in [2.05, 4.69) is 19.2 Å². The van der Waals surface area contributed by atoms with Gasteiger partial charge in [0.1, 0.15) is 0 Å². The van der Waals surface area contributed by atoms with Crippen LogP contribution in [0.15, 0.2) is 22.8 Å². The molecule has 0 saturated carbocycles. The largest absolute Gasteiger partial charge is 0.462 e. The van der Waals surface area contributed by atoms with Crippen LogP contribution in [0.5, 0.6) is 0 Å². The quantitative estimate of drug-likeness (QED) is 0.884. The summed E-state index contributed by atoms with van der Waals surface area (Å²) >= 11 is 1.72. The fourth-order valence-corrected chi connectivity index (χ4v) is 2.80. The van der Waals surface area contributed by atoms with Crippen molar-refractivity contribution < 1.29 is 4.42 Å². The van der Waals surface area contributed by atoms with Gasteiger partial charge in [-0.05, 0) is 31.5 Å². The molecule has 2 heterocycles. The summed E-state index contributed by atoms with van der Waals surface area (Å²) in [6.45, 7) is 5.31. The Bertz CT molecular complexity index is 460. The van der Waals surface area contributed by atoms with Gasteiger partial charge in [0.05, 0.1) is 12.0 Å². The molecule has 0 radical (unpaired) electrons. The van der Waals surface area contributed by atoms with Crippen molar-refractivity contribution in [2.24, 2.45) is 5.92 Å². The lowest BCUT2D eigenvalue weighted by Gasteiger charge is -2.03. The van der Waals surface area contributed by atoms with Crippen LogP contribution in [-0.2, 0) is 13.0 Å². The maximum Gasteiger partial charge on any atom is 0.162 e. The first kappa shape index (κ1) is 12.3. The first-order valence-electron chi connectivity index (χ1n) is 5.87. The average molecular weight is 250 g/mol. The minimum Gasteiger partial charge on any atom is -0.462 e. The van der Waals surface area contributed by atoms with E-state index >= 15 is 0 Å². The lowest BCUT2D eigenvalue weighted by atomic mass is 10.1. The highest BCUT2D eigenvalue weighted by Crippen LogP contribution is 2.29. The maximum absolute atomic E-state index is 5.40. The zero-order valence-electron chi connectivity index (χ0n) is 10.5. The van der Waals surface area contributed by atoms with E-state index in [9.17, 15) is 0 Å². The molecule has 0 atom stereocenters. The van der Waals surface area contributed by atoms with Gasteiger partial charge < -0.3 is 9.73 Å². The van der Waals surface area contributed by atoms with Crippen LogP contribution in [0.4, 0.5) is 0 Å². The van der Waals surface area contributed by atoms with Crippen molar-refractivity contribution in [2.45, 2.75) is 26.8 Å². The summed E-state index contributed by atoms with van der Waals surface area (Å²) in [5.41, 5.74) is 1.20. The van der Waals surface area contributed by atoms with Crippen LogP contribution >= 0.6 is 11.3 Å². The van der Waals surface area contributed by atoms with Crippen LogP contribution in [0, 0.1) is 5.92 Å². The second-order valence-corrected chi connectivity index (χ2v) is 5.58. The number of hydrogen-bond acceptors (Lipinski definition) is 4. The zero-order valence-corrected chi connectivity index (χ0v) is 11.3. The molecule has 0 aromatic carbocycles. The van der Waals surface area contributed by atoms with Gasteiger partial charge >= 0.3 is 0 Å². The van der Waals surface area contributed by atoms with Crippen molar-refractivity contribution in [1.29, 1.82) is 0 Å². The summed E-state index contributed by atoms with van der Waals surface area (Å²) in [5, 5.41) is 4.18. The molecule has 3 nitrogen and oxygen atoms in total. The molecule has 0 aliphatic carbocycles. The Balaban J connectivity index is 2.30. The summed E-state index contributed by atoms with van der Waals surface area (Å²) in [7, 11) is 1.96. The van der Waals surface area contributed by atoms with Crippen LogP contribution in [0.25, 0.3) is 10.8 Å². The van der Waals surface area contributed by atoms with Crippen LogP contribution in [0.2, 0.25) is 0 Å². The van der Waals surface area contributed by atoms with E-state index in [1.165, 1.54) is 10.6 Å². The van der Waals surface area contributed by atoms with E-state index in [1.807, 2.05) is 19.2 Å². The molecule has 1 N–H and O–H groups in total. The number of furan rings is 1. The molecular formula is C13H18N2OS. The SMILES string of the molecule is CNCc1sc(-c2ccco2)nc1CC(C)C. The first-order valence-corrected chi connectivity index (χ1v) is 6.69. The van der Waals surface area contributed by atoms with Gasteiger partial charge in [0, 0.05) is 11.4 Å². The summed E-state index contributed by atoms with van der Waals surface area (Å²) in [6, 6.07) is 3.86. The van der Waals surface area contributed by atoms with Gasteiger partial charge in [0.2, 0.25) is 0 Å². The van der Waals surface area contributed by atoms with Crippen molar-refractivity contribution in [1.82, 2.24) is 10.3 Å². The van der Waals surface area contributed by atoms with Crippen LogP contribution < -0.4 is 5.32 Å². The predicted octanol–water partition coefficient (Wildman–Crippen LogP) is 3.32. The predicted molar refractivity (Wildman–Crippen MR) is 71.1 cm³/mol. The van der Waals surface area contributed by atoms with Crippen molar-refractivity contribution in [3.8, 4) is 10.8 Å². The molecule has 0 saturated heterocycles. The van der Waals surface area contributed by atoms with E-state index in [4.69, 9.17) is 9.40 Å². The number of rotatable bonds is 5. The Hall–Kier alpha value is -1.13. The fraction of sp³-hybridized carbons (Fsp3) is 0.462. The number of thiazole rings is 1. The third-order valence-corrected chi connectivity index (χ3v) is 3.56. The summed E-state index contributed by atoms with van der Waals surface area (Å²) < 4.78 is 5.40. The monoisotopic (exact) mass is 250 g/mol. The standard InChI is InChI=1S/C13H18N2OS/c1-9(2)7-10-12(8-14-3)17-13(15-10)11-5-4-6-16-11/h4-6,9,14H,7-8H2,1-3H3. The van der Waals surface area contributed by atoms with E-state index in [0.717, 1.165) is 23.7 Å². The lowest BCUT2D eigenvalue weighted by molar-refractivity contribution is 0.580. The van der Waals surface area contributed by atoms with E-state index in [0.29, 0.717) is 5.92 Å². The number of aromatic nitrogens is 1. The van der Waals surface area contributed by atoms with Crippen LogP contribution in [-0.4, -0.2) is 12.0 Å². The van der Waals surface area contributed by atoms with Crippen molar-refractivity contribution in [3.63, 3.8) is 0 Å². The Labute approximate surface area is 106 Å². The van der Waals surface area contributed by atoms with Crippen molar-refractivity contribution >= 4 is 11.3 Å². The molecule has 0 bridgehead atoms. The van der Waals surface area contributed by atoms with Gasteiger partial charge in [-0.2, -0.15) is 0 Å². The second-order valence-electron chi connectivity index (χ2n) is 4.49. The average Bonchev–Trinajstić information content (AvgIpc) is 2.87. The molecule has 0 amide bonds. The van der Waals surface area contributed by atoms with E-state index in [-0.39, 0.29) is 0 Å². The smallest absolute Gasteiger partial charge is 0.162 e. The molecule has 0 fully saturated rings. The molecule has 2 aromatic rings. The Morgan fingerprint density at radius 2 is 2.29 bits per heavy atom. The van der Waals surface area contributed by atoms with E-state index in [1.54, 1.807) is 17.6 Å². The minimum absolute atomic E-state index is 0.622. The highest BCUT2D eigenvalue weighted by Gasteiger charge is 2.14. The molecule has 17 heavy (non-hydrogen) atoms. The van der Waals surface area contributed by atoms with Gasteiger partial charge in [-0.1, -0.05) is 13.8 Å². The van der Waals surface area contributed by atoms with E-state index < -0.39 is 0 Å². The molecule has 0 spiro atoms. The van der Waals surface area contributed by atoms with Crippen LogP contribution in [0.1, 0.15) is 24.4 Å². The highest BCUT2D eigenvalue weighted by molar-refractivity contribution is 7.15. The van der Waals surface area contributed by atoms with Crippen LogP contribution in [0.3, 0.4) is 0 Å². The minimum atomic E-state index is 0.622. The third kappa shape index (κ3) is 2.96. The number of nitrogens with zero attached hydrogens (tertiary/aromatic N) is 1. The molecule has 4 heteroatoms. The van der Waals surface area contributed by atoms with Crippen molar-refractivity contribution in [3.05, 3.63) is 29.0 Å². The maximum atomic E-state index is 5.40. The molecule has 0 aliphatic rings. The molecule has 0 unspecified atom stereocenters. The number of nitrogens with one attached hydrogen (secondary N) is 1. The zero-order chi connectivity index (χ0) is 12.3. The van der Waals surface area contributed by atoms with Gasteiger partial charge in [-0.3, -0.25) is 0 Å². The summed E-state index contributed by atoms with van der Waals surface area (Å²) in [6.07, 6.45) is 2.71. The lowest BCUT2D eigenvalue weighted by Crippen LogP contribution is -2.07. The molecule has 92 valence electrons. The third-order valence-electron chi connectivity index (χ3n) is 2.45. The fourth-order valence-electron chi connectivity index (χ4n) is 1.73. The Morgan fingerprint density at radius 3 is 2.88 bits per heavy atom. The van der Waals surface area contributed by atoms with Crippen molar-refractivity contribution in [2.75, 3.05) is 7.05 Å². The Morgan fingerprint density at radius 1 is 1.47 bits per heavy atom. The summed E-state index contributed by atoms with van der Waals surface area (Å²) in [4.78, 5) is 6.01. The molecule has 2 rings (SSSR count). The van der Waals surface area contributed by atoms with Gasteiger partial charge in [-0.15, -0.1) is 11.3 Å². The first-order chi connectivity index (χ1) is 8.20. The highest BCUT2D eigenvalue weighted by atomic mass is 32.1. The Kier molecular flexibility index (Phi) is 3.97. The molecular weight excluding hydrogens is 232 g/mol. The normalized spacial score (nSPS) is 11.3. The van der Waals surface area contributed by atoms with Gasteiger partial charge in [-0.25, -0.2) is 4.98 Å². The summed E-state index contributed by atoms with van der Waals surface area (Å²) in [5.74, 6) is 1.49. The number of hydrogen-bond donors (Lipinski definition) is 1. The molecule has 0 aliphatic heterocycles. The second kappa shape index (κ2) is 5.47. The topological polar surface area (TPSA) is 38.1 Å². The van der Waals surface area contributed by atoms with Gasteiger partial charge in [0.15, 0.2) is 10.8 Å².